The van der Waals surface area contributed by atoms with Crippen molar-refractivity contribution in [3.05, 3.63) is 30.1 Å². The second-order valence-corrected chi connectivity index (χ2v) is 2.51. The summed E-state index contributed by atoms with van der Waals surface area (Å²) in [4.78, 5) is 9.14. The van der Waals surface area contributed by atoms with Crippen LogP contribution in [0.4, 0.5) is 0 Å². The van der Waals surface area contributed by atoms with E-state index in [4.69, 9.17) is 0 Å². The second-order valence-electron chi connectivity index (χ2n) is 2.51. The molecule has 1 fully saturated rings. The van der Waals surface area contributed by atoms with Crippen molar-refractivity contribution in [3.8, 4) is 0 Å². The van der Waals surface area contributed by atoms with Crippen molar-refractivity contribution < 1.29 is 9.78 Å². The number of hydrogen-bond acceptors (Lipinski definition) is 2. The summed E-state index contributed by atoms with van der Waals surface area (Å²) in [5, 5.41) is 0. The Bertz CT molecular complexity index is 137. The fourth-order valence-corrected chi connectivity index (χ4v) is 0.825. The first-order valence-electron chi connectivity index (χ1n) is 4.24. The fraction of sp³-hybridized carbons (Fsp3) is 0.444. The molecule has 0 atom stereocenters. The molecule has 1 aliphatic rings. The van der Waals surface area contributed by atoms with Crippen LogP contribution in [0.2, 0.25) is 0 Å². The topological polar surface area (TPSA) is 18.5 Å². The third-order valence-corrected chi connectivity index (χ3v) is 1.46. The van der Waals surface area contributed by atoms with Gasteiger partial charge in [0.25, 0.3) is 0 Å². The summed E-state index contributed by atoms with van der Waals surface area (Å²) in [6.45, 7) is 3.56. The molecule has 0 spiro atoms. The van der Waals surface area contributed by atoms with Crippen molar-refractivity contribution in [1.82, 2.24) is 0 Å². The van der Waals surface area contributed by atoms with Gasteiger partial charge in [-0.05, 0) is 12.8 Å². The van der Waals surface area contributed by atoms with Gasteiger partial charge < -0.3 is 0 Å². The van der Waals surface area contributed by atoms with Gasteiger partial charge in [-0.3, -0.25) is 0 Å². The van der Waals surface area contributed by atoms with Crippen LogP contribution >= 0.6 is 0 Å². The van der Waals surface area contributed by atoms with Crippen molar-refractivity contribution in [3.63, 3.8) is 0 Å². The van der Waals surface area contributed by atoms with Crippen LogP contribution in [0.5, 0.6) is 0 Å². The van der Waals surface area contributed by atoms with E-state index >= 15 is 0 Å². The van der Waals surface area contributed by atoms with Gasteiger partial charge in [0.2, 0.25) is 0 Å². The van der Waals surface area contributed by atoms with Crippen LogP contribution in [-0.2, 0) is 9.78 Å². The Morgan fingerprint density at radius 3 is 1.58 bits per heavy atom. The van der Waals surface area contributed by atoms with Gasteiger partial charge >= 0.3 is 37.0 Å². The normalized spacial score (nSPS) is 15.7. The van der Waals surface area contributed by atoms with E-state index in [9.17, 15) is 0 Å². The van der Waals surface area contributed by atoms with Crippen LogP contribution in [-0.4, -0.2) is 20.1 Å². The Kier molecular flexibility index (Phi) is 5.50. The van der Waals surface area contributed by atoms with Crippen molar-refractivity contribution in [1.29, 1.82) is 0 Å². The Balaban J connectivity index is 0.000000120. The predicted molar refractivity (Wildman–Crippen MR) is 48.9 cm³/mol. The Morgan fingerprint density at radius 2 is 1.42 bits per heavy atom. The van der Waals surface area contributed by atoms with Crippen LogP contribution in [0, 0.1) is 0 Å². The molecule has 2 rings (SSSR count). The molecule has 0 radical (unpaired) electrons. The van der Waals surface area contributed by atoms with Gasteiger partial charge in [0, 0.05) is 0 Å². The quantitative estimate of drug-likeness (QED) is 0.544. The van der Waals surface area contributed by atoms with Crippen LogP contribution in [0.1, 0.15) is 12.8 Å². The summed E-state index contributed by atoms with van der Waals surface area (Å²) in [6.07, 6.45) is 2.31. The van der Waals surface area contributed by atoms with E-state index in [-0.39, 0.29) is 0 Å². The van der Waals surface area contributed by atoms with E-state index in [1.807, 2.05) is 37.0 Å². The molecule has 0 amide bonds. The van der Waals surface area contributed by atoms with Crippen molar-refractivity contribution in [2.45, 2.75) is 12.8 Å². The molecule has 2 heterocycles. The zero-order valence-electron chi connectivity index (χ0n) is 7.11. The van der Waals surface area contributed by atoms with E-state index in [0.717, 1.165) is 26.1 Å². The zero-order valence-corrected chi connectivity index (χ0v) is 7.11. The van der Waals surface area contributed by atoms with E-state index < -0.39 is 0 Å². The van der Waals surface area contributed by atoms with Crippen LogP contribution in [0.15, 0.2) is 30.1 Å². The van der Waals surface area contributed by atoms with Gasteiger partial charge in [-0.25, -0.2) is 9.78 Å². The molecule has 1 aromatic heterocycles. The van der Waals surface area contributed by atoms with E-state index in [0.29, 0.717) is 0 Å². The summed E-state index contributed by atoms with van der Waals surface area (Å²) in [6, 6.07) is 6.00. The first-order chi connectivity index (χ1) is 6.00. The average molecular weight is 164 g/mol. The molecule has 0 unspecified atom stereocenters. The Morgan fingerprint density at radius 1 is 0.833 bits per heavy atom. The molecule has 3 heteroatoms. The van der Waals surface area contributed by atoms with Crippen LogP contribution in [0.3, 0.4) is 0 Å². The predicted octanol–water partition coefficient (Wildman–Crippen LogP) is 1.75. The third-order valence-electron chi connectivity index (χ3n) is 1.46. The van der Waals surface area contributed by atoms with E-state index in [2.05, 4.69) is 9.78 Å². The number of hydrogen-bond donors (Lipinski definition) is 0. The standard InChI is InChI=1S/C5H5B.C4H8O2/c2*1-2-4-6-5-3-1/h1-5H;1-4H2. The SMILES string of the molecule is C1CCOOC1.b1ccccc1. The van der Waals surface area contributed by atoms with Gasteiger partial charge in [-0.15, -0.1) is 0 Å². The molecular weight excluding hydrogens is 151 g/mol. The van der Waals surface area contributed by atoms with Crippen molar-refractivity contribution in [2.24, 2.45) is 0 Å². The molecule has 0 N–H and O–H groups in total. The van der Waals surface area contributed by atoms with Gasteiger partial charge in [0.15, 0.2) is 0 Å². The van der Waals surface area contributed by atoms with Crippen molar-refractivity contribution in [2.75, 3.05) is 13.2 Å². The zero-order chi connectivity index (χ0) is 8.49. The fourth-order valence-electron chi connectivity index (χ4n) is 0.825. The van der Waals surface area contributed by atoms with Gasteiger partial charge in [-0.2, -0.15) is 0 Å². The molecule has 1 aliphatic heterocycles. The third kappa shape index (κ3) is 5.05. The summed E-state index contributed by atoms with van der Waals surface area (Å²) < 4.78 is 0. The monoisotopic (exact) mass is 164 g/mol. The summed E-state index contributed by atoms with van der Waals surface area (Å²) in [5.41, 5.74) is 0. The molecule has 1 saturated heterocycles. The summed E-state index contributed by atoms with van der Waals surface area (Å²) in [7, 11) is 0. The average Bonchev–Trinajstić information content (AvgIpc) is 2.24. The van der Waals surface area contributed by atoms with Gasteiger partial charge in [0.1, 0.15) is 0 Å². The molecule has 0 aromatic carbocycles. The molecule has 0 saturated carbocycles. The van der Waals surface area contributed by atoms with Crippen LogP contribution in [0.25, 0.3) is 0 Å². The maximum atomic E-state index is 4.57. The first kappa shape index (κ1) is 9.42. The summed E-state index contributed by atoms with van der Waals surface area (Å²) >= 11 is 0. The molecular formula is C9H13BO2. The van der Waals surface area contributed by atoms with Gasteiger partial charge in [0.05, 0.1) is 13.2 Å². The van der Waals surface area contributed by atoms with Crippen LogP contribution < -0.4 is 0 Å². The molecule has 2 nitrogen and oxygen atoms in total. The molecule has 12 heavy (non-hydrogen) atoms. The summed E-state index contributed by atoms with van der Waals surface area (Å²) in [5.74, 6) is 4.00. The van der Waals surface area contributed by atoms with E-state index in [1.54, 1.807) is 0 Å². The van der Waals surface area contributed by atoms with Gasteiger partial charge in [-0.1, -0.05) is 0 Å². The second kappa shape index (κ2) is 7.01. The molecule has 1 aromatic rings. The first-order valence-corrected chi connectivity index (χ1v) is 4.24. The number of rotatable bonds is 0. The minimum absolute atomic E-state index is 0.778. The van der Waals surface area contributed by atoms with E-state index in [1.165, 1.54) is 0 Å². The van der Waals surface area contributed by atoms with Crippen molar-refractivity contribution >= 4 is 6.91 Å². The molecule has 0 bridgehead atoms. The maximum absolute atomic E-state index is 4.57. The minimum atomic E-state index is 0.778. The Labute approximate surface area is 73.6 Å². The molecule has 64 valence electrons. The Hall–Kier alpha value is -0.665. The molecule has 0 aliphatic carbocycles.